The van der Waals surface area contributed by atoms with Crippen molar-refractivity contribution in [3.05, 3.63) is 0 Å². The summed E-state index contributed by atoms with van der Waals surface area (Å²) in [4.78, 5) is 92.3. The number of nitrogens with one attached hydrogen (secondary N) is 4. The average molecular weight is 1620 g/mol. The van der Waals surface area contributed by atoms with Crippen LogP contribution in [0, 0.1) is 0 Å². The fraction of sp³-hybridized carbons (Fsp3) is 0.943. The van der Waals surface area contributed by atoms with E-state index in [0.717, 1.165) is 154 Å². The number of unbranched alkanes of at least 4 members (excludes halogenated alkanes) is 48. The molecule has 0 bridgehead atoms. The molecule has 0 aromatic heterocycles. The van der Waals surface area contributed by atoms with E-state index in [4.69, 9.17) is 27.6 Å². The number of rotatable bonds is 86. The second-order valence-electron chi connectivity index (χ2n) is 31.5. The number of urea groups is 1. The zero-order valence-corrected chi connectivity index (χ0v) is 78.5. The largest absolute Gasteiger partial charge is 1.00 e. The molecule has 19 nitrogen and oxygen atoms in total. The van der Waals surface area contributed by atoms with Crippen LogP contribution in [0.2, 0.25) is 0 Å². The third-order valence-electron chi connectivity index (χ3n) is 20.9. The summed E-state index contributed by atoms with van der Waals surface area (Å²) in [6.07, 6.45) is 67.7. The minimum absolute atomic E-state index is 0. The van der Waals surface area contributed by atoms with Crippen molar-refractivity contribution in [2.45, 2.75) is 490 Å². The normalized spacial score (nSPS) is 13.6. The number of phosphoric acid groups is 2. The second kappa shape index (κ2) is 86.2. The summed E-state index contributed by atoms with van der Waals surface area (Å²) in [5.74, 6) is -0.721. The number of amides is 4. The van der Waals surface area contributed by atoms with Crippen molar-refractivity contribution in [1.82, 2.24) is 21.3 Å². The maximum Gasteiger partial charge on any atom is 1.00 e. The van der Waals surface area contributed by atoms with E-state index in [1.165, 1.54) is 205 Å². The SMILES string of the molecule is CCCCCCCCCCCCCC(=O)NC(CCCC(CCCCCCCC)OC(=O)CCCCCCCCCCCC)COP(=O)([O-])OCCNC(=O)NCCOP(=O)([O-])OCC(CCCC(CCCCCCCC)OC(=O)CCCCCCCCCCCC)NC(=O)CCCCCCCCCCCCC.[Na+].[Na+]. The Morgan fingerprint density at radius 3 is 0.755 bits per heavy atom. The monoisotopic (exact) mass is 1620 g/mol. The molecule has 0 aromatic rings. The van der Waals surface area contributed by atoms with Crippen molar-refractivity contribution < 1.29 is 130 Å². The number of hydrogen-bond donors (Lipinski definition) is 4. The first-order valence-corrected chi connectivity index (χ1v) is 48.6. The fourth-order valence-corrected chi connectivity index (χ4v) is 15.6. The van der Waals surface area contributed by atoms with Gasteiger partial charge in [-0.3, -0.25) is 28.3 Å². The van der Waals surface area contributed by atoms with Gasteiger partial charge in [0.05, 0.1) is 38.5 Å². The van der Waals surface area contributed by atoms with Crippen LogP contribution in [-0.4, -0.2) is 93.6 Å². The smallest absolute Gasteiger partial charge is 0.756 e. The Morgan fingerprint density at radius 1 is 0.282 bits per heavy atom. The summed E-state index contributed by atoms with van der Waals surface area (Å²) in [5, 5.41) is 11.0. The van der Waals surface area contributed by atoms with Crippen LogP contribution in [0.5, 0.6) is 0 Å². The molecule has 0 heterocycles. The van der Waals surface area contributed by atoms with Crippen LogP contribution in [0.1, 0.15) is 465 Å². The van der Waals surface area contributed by atoms with Gasteiger partial charge in [-0.05, 0) is 89.9 Å². The molecule has 4 N–H and O–H groups in total. The van der Waals surface area contributed by atoms with E-state index in [1.807, 2.05) is 0 Å². The van der Waals surface area contributed by atoms with E-state index in [0.29, 0.717) is 64.2 Å². The van der Waals surface area contributed by atoms with Crippen LogP contribution in [0.15, 0.2) is 0 Å². The van der Waals surface area contributed by atoms with Gasteiger partial charge < -0.3 is 58.6 Å². The van der Waals surface area contributed by atoms with Gasteiger partial charge in [-0.15, -0.1) is 0 Å². The molecule has 640 valence electrons. The molecule has 0 aliphatic heterocycles. The molecule has 4 amide bonds. The fourth-order valence-electron chi connectivity index (χ4n) is 14.1. The van der Waals surface area contributed by atoms with E-state index in [-0.39, 0.29) is 121 Å². The summed E-state index contributed by atoms with van der Waals surface area (Å²) >= 11 is 0. The molecule has 0 spiro atoms. The maximum atomic E-state index is 13.4. The first kappa shape index (κ1) is 114. The minimum Gasteiger partial charge on any atom is -0.756 e. The van der Waals surface area contributed by atoms with Gasteiger partial charge in [0.15, 0.2) is 0 Å². The van der Waals surface area contributed by atoms with Crippen molar-refractivity contribution in [2.24, 2.45) is 0 Å². The molecule has 0 saturated carbocycles. The molecule has 6 atom stereocenters. The van der Waals surface area contributed by atoms with Gasteiger partial charge >= 0.3 is 77.1 Å². The summed E-state index contributed by atoms with van der Waals surface area (Å²) in [7, 11) is -9.84. The number of esters is 2. The maximum absolute atomic E-state index is 13.4. The van der Waals surface area contributed by atoms with Gasteiger partial charge in [0.2, 0.25) is 11.8 Å². The van der Waals surface area contributed by atoms with Crippen LogP contribution in [0.25, 0.3) is 0 Å². The molecule has 0 fully saturated rings. The predicted octanol–water partition coefficient (Wildman–Crippen LogP) is 18.0. The Kier molecular flexibility index (Phi) is 89.0. The van der Waals surface area contributed by atoms with E-state index in [9.17, 15) is 42.9 Å². The summed E-state index contributed by atoms with van der Waals surface area (Å²) in [5.41, 5.74) is 0. The van der Waals surface area contributed by atoms with Gasteiger partial charge in [0.1, 0.15) is 12.2 Å². The van der Waals surface area contributed by atoms with Crippen LogP contribution < -0.4 is 90.2 Å². The number of hydrogen-bond acceptors (Lipinski definition) is 15. The Labute approximate surface area is 719 Å². The van der Waals surface area contributed by atoms with Crippen LogP contribution in [0.3, 0.4) is 0 Å². The van der Waals surface area contributed by atoms with E-state index >= 15 is 0 Å². The molecule has 0 saturated heterocycles. The van der Waals surface area contributed by atoms with Gasteiger partial charge in [-0.25, -0.2) is 4.79 Å². The number of phosphoric ester groups is 2. The molecule has 0 aliphatic carbocycles. The summed E-state index contributed by atoms with van der Waals surface area (Å²) in [6.45, 7) is 11.2. The number of carbonyl (C=O) groups is 5. The number of ether oxygens (including phenoxy) is 2. The van der Waals surface area contributed by atoms with Crippen LogP contribution in [-0.2, 0) is 55.9 Å². The van der Waals surface area contributed by atoms with Crippen molar-refractivity contribution in [3.8, 4) is 0 Å². The molecule has 23 heteroatoms. The molecular formula is C87H170N4Na2O15P2. The van der Waals surface area contributed by atoms with Crippen molar-refractivity contribution in [2.75, 3.05) is 39.5 Å². The standard InChI is InChI=1S/C87H172N4O15P2.2Na/c1-7-13-19-25-31-35-39-41-45-51-57-69-83(92)90-79(63-61-67-81(65-55-49-29-23-17-11-5)105-85(94)71-59-53-47-43-37-33-27-21-15-9-3)77-103-107(97,98)101-75-73-88-87(96)89-74-76-102-108(99,100)104-78-80(91-84(93)70-58-52-46-42-40-36-32-26-20-14-8-2)64-62-68-82(66-56-50-30-24-18-12-6)106-86(95)72-60-54-48-44-38-34-28-22-16-10-4;;/h79-82H,7-78H2,1-6H3,(H,90,92)(H,91,93)(H,97,98)(H,99,100)(H2,88,89,96);;/q;2*+1/p-2. The Bertz CT molecular complexity index is 2010. The molecule has 6 unspecified atom stereocenters. The van der Waals surface area contributed by atoms with E-state index < -0.39 is 47.0 Å². The van der Waals surface area contributed by atoms with Gasteiger partial charge in [-0.1, -0.05) is 350 Å². The van der Waals surface area contributed by atoms with Crippen LogP contribution >= 0.6 is 15.6 Å². The minimum atomic E-state index is -4.92. The van der Waals surface area contributed by atoms with Gasteiger partial charge in [0, 0.05) is 38.8 Å². The predicted molar refractivity (Wildman–Crippen MR) is 443 cm³/mol. The van der Waals surface area contributed by atoms with Crippen molar-refractivity contribution >= 4 is 45.4 Å². The molecule has 0 aliphatic rings. The van der Waals surface area contributed by atoms with E-state index in [1.54, 1.807) is 0 Å². The Morgan fingerprint density at radius 2 is 0.500 bits per heavy atom. The van der Waals surface area contributed by atoms with Crippen molar-refractivity contribution in [1.29, 1.82) is 0 Å². The summed E-state index contributed by atoms with van der Waals surface area (Å²) < 4.78 is 59.6. The average Bonchev–Trinajstić information content (AvgIpc) is 0.915. The third kappa shape index (κ3) is 82.5. The Balaban J connectivity index is -0.0000572. The molecule has 0 radical (unpaired) electrons. The second-order valence-corrected chi connectivity index (χ2v) is 34.3. The van der Waals surface area contributed by atoms with Crippen LogP contribution in [0.4, 0.5) is 4.79 Å². The van der Waals surface area contributed by atoms with Crippen molar-refractivity contribution in [3.63, 3.8) is 0 Å². The first-order valence-electron chi connectivity index (χ1n) is 45.7. The molecular weight excluding hydrogens is 1450 g/mol. The zero-order valence-electron chi connectivity index (χ0n) is 72.7. The Hall–Kier alpha value is -0.630. The van der Waals surface area contributed by atoms with Gasteiger partial charge in [0.25, 0.3) is 15.6 Å². The third-order valence-corrected chi connectivity index (χ3v) is 22.8. The topological polar surface area (TPSA) is 269 Å². The summed E-state index contributed by atoms with van der Waals surface area (Å²) in [6, 6.07) is -2.04. The molecule has 0 rings (SSSR count). The molecule has 110 heavy (non-hydrogen) atoms. The zero-order chi connectivity index (χ0) is 79.2. The van der Waals surface area contributed by atoms with E-state index in [2.05, 4.69) is 62.8 Å². The number of carbonyl (C=O) groups excluding carboxylic acids is 5. The first-order chi connectivity index (χ1) is 52.5. The quantitative estimate of drug-likeness (QED) is 0.0191. The molecule has 0 aromatic carbocycles. The van der Waals surface area contributed by atoms with Gasteiger partial charge in [-0.2, -0.15) is 0 Å².